The minimum Gasteiger partial charge on any atom is -0.406 e. The lowest BCUT2D eigenvalue weighted by molar-refractivity contribution is -0.129. The Morgan fingerprint density at radius 1 is 0.933 bits per heavy atom. The van der Waals surface area contributed by atoms with Gasteiger partial charge in [-0.25, -0.2) is 0 Å². The first-order valence-electron chi connectivity index (χ1n) is 10.1. The van der Waals surface area contributed by atoms with E-state index in [0.29, 0.717) is 25.1 Å². The first-order valence-corrected chi connectivity index (χ1v) is 10.1. The Labute approximate surface area is 174 Å². The number of guanidine groups is 1. The van der Waals surface area contributed by atoms with Crippen LogP contribution < -0.4 is 10.6 Å². The predicted octanol–water partition coefficient (Wildman–Crippen LogP) is 2.65. The van der Waals surface area contributed by atoms with E-state index in [9.17, 15) is 0 Å². The summed E-state index contributed by atoms with van der Waals surface area (Å²) in [6, 6.07) is 18.4. The van der Waals surface area contributed by atoms with Crippen LogP contribution in [0.4, 0.5) is 6.01 Å². The fourth-order valence-corrected chi connectivity index (χ4v) is 3.77. The van der Waals surface area contributed by atoms with Gasteiger partial charge in [0, 0.05) is 24.2 Å². The third-order valence-electron chi connectivity index (χ3n) is 5.33. The van der Waals surface area contributed by atoms with Crippen molar-refractivity contribution in [2.75, 3.05) is 26.3 Å². The van der Waals surface area contributed by atoms with Gasteiger partial charge in [0.05, 0.1) is 19.1 Å². The third kappa shape index (κ3) is 3.44. The van der Waals surface area contributed by atoms with E-state index in [1.165, 1.54) is 0 Å². The van der Waals surface area contributed by atoms with Crippen molar-refractivity contribution in [2.45, 2.75) is 18.6 Å². The molecule has 3 heterocycles. The molecule has 1 unspecified atom stereocenters. The standard InChI is InChI=1S/C22H23N5O3/c1-15(19-26-27-21(30-19)25-20-23-10-11-24-20)16-6-5-9-18(14-16)22(28-12-13-29-22)17-7-3-2-4-8-17/h2-9,14-15H,10-13H2,1H3,(H2,23,24,25,27). The van der Waals surface area contributed by atoms with Crippen LogP contribution in [0.1, 0.15) is 35.4 Å². The van der Waals surface area contributed by atoms with Crippen LogP contribution in [0, 0.1) is 0 Å². The number of aliphatic imine (C=N–C) groups is 1. The van der Waals surface area contributed by atoms with Gasteiger partial charge in [0.1, 0.15) is 0 Å². The molecular weight excluding hydrogens is 382 g/mol. The van der Waals surface area contributed by atoms with Crippen LogP contribution >= 0.6 is 0 Å². The number of nitrogens with zero attached hydrogens (tertiary/aromatic N) is 3. The molecular formula is C22H23N5O3. The number of benzene rings is 2. The van der Waals surface area contributed by atoms with Crippen molar-refractivity contribution in [2.24, 2.45) is 4.99 Å². The molecule has 0 spiro atoms. The molecule has 30 heavy (non-hydrogen) atoms. The normalized spacial score (nSPS) is 18.6. The van der Waals surface area contributed by atoms with Crippen LogP contribution in [0.5, 0.6) is 0 Å². The molecule has 2 aliphatic heterocycles. The maximum Gasteiger partial charge on any atom is 0.345 e. The summed E-state index contributed by atoms with van der Waals surface area (Å²) >= 11 is 0. The van der Waals surface area contributed by atoms with E-state index in [-0.39, 0.29) is 11.9 Å². The highest BCUT2D eigenvalue weighted by atomic mass is 16.7. The second kappa shape index (κ2) is 7.89. The summed E-state index contributed by atoms with van der Waals surface area (Å²) in [4.78, 5) is 4.30. The molecule has 1 atom stereocenters. The highest BCUT2D eigenvalue weighted by Crippen LogP contribution is 2.39. The van der Waals surface area contributed by atoms with Gasteiger partial charge in [-0.2, -0.15) is 4.99 Å². The summed E-state index contributed by atoms with van der Waals surface area (Å²) in [7, 11) is 0. The first kappa shape index (κ1) is 18.8. The Balaban J connectivity index is 1.45. The summed E-state index contributed by atoms with van der Waals surface area (Å²) < 4.78 is 18.0. The van der Waals surface area contributed by atoms with Gasteiger partial charge in [0.25, 0.3) is 0 Å². The summed E-state index contributed by atoms with van der Waals surface area (Å²) in [5, 5.41) is 14.5. The maximum absolute atomic E-state index is 6.13. The average molecular weight is 405 g/mol. The molecule has 0 aliphatic carbocycles. The van der Waals surface area contributed by atoms with Crippen molar-refractivity contribution in [3.05, 3.63) is 77.2 Å². The first-order chi connectivity index (χ1) is 14.7. The highest BCUT2D eigenvalue weighted by molar-refractivity contribution is 5.83. The zero-order chi connectivity index (χ0) is 20.4. The molecule has 2 aromatic carbocycles. The van der Waals surface area contributed by atoms with Crippen molar-refractivity contribution in [3.8, 4) is 0 Å². The van der Waals surface area contributed by atoms with Gasteiger partial charge in [0.2, 0.25) is 17.6 Å². The predicted molar refractivity (Wildman–Crippen MR) is 110 cm³/mol. The lowest BCUT2D eigenvalue weighted by atomic mass is 9.92. The molecule has 2 aliphatic rings. The molecule has 3 aromatic rings. The number of nitrogens with one attached hydrogen (secondary N) is 2. The second-order valence-corrected chi connectivity index (χ2v) is 7.26. The Morgan fingerprint density at radius 3 is 2.43 bits per heavy atom. The second-order valence-electron chi connectivity index (χ2n) is 7.26. The van der Waals surface area contributed by atoms with Gasteiger partial charge in [-0.3, -0.25) is 0 Å². The van der Waals surface area contributed by atoms with Crippen LogP contribution in [-0.2, 0) is 15.3 Å². The van der Waals surface area contributed by atoms with Gasteiger partial charge in [0.15, 0.2) is 0 Å². The summed E-state index contributed by atoms with van der Waals surface area (Å²) in [6.45, 7) is 4.78. The van der Waals surface area contributed by atoms with E-state index in [1.807, 2.05) is 55.5 Å². The lowest BCUT2D eigenvalue weighted by Crippen LogP contribution is -2.28. The summed E-state index contributed by atoms with van der Waals surface area (Å²) in [5.41, 5.74) is 2.94. The SMILES string of the molecule is CC(c1cccc(C2(c3ccccc3)OCCO2)c1)c1nnc(N=C2NCCN2)o1. The zero-order valence-electron chi connectivity index (χ0n) is 16.7. The summed E-state index contributed by atoms with van der Waals surface area (Å²) in [5.74, 6) is 0.153. The van der Waals surface area contributed by atoms with Crippen molar-refractivity contribution in [1.29, 1.82) is 0 Å². The monoisotopic (exact) mass is 405 g/mol. The Morgan fingerprint density at radius 2 is 1.67 bits per heavy atom. The Bertz CT molecular complexity index is 1040. The maximum atomic E-state index is 6.13. The number of hydrogen-bond acceptors (Lipinski definition) is 6. The molecule has 2 N–H and O–H groups in total. The highest BCUT2D eigenvalue weighted by Gasteiger charge is 2.40. The van der Waals surface area contributed by atoms with Crippen molar-refractivity contribution < 1.29 is 13.9 Å². The largest absolute Gasteiger partial charge is 0.406 e. The van der Waals surface area contributed by atoms with Gasteiger partial charge in [-0.1, -0.05) is 53.6 Å². The minimum atomic E-state index is -0.900. The zero-order valence-corrected chi connectivity index (χ0v) is 16.7. The molecule has 0 bridgehead atoms. The molecule has 2 fully saturated rings. The van der Waals surface area contributed by atoms with E-state index < -0.39 is 5.79 Å². The van der Waals surface area contributed by atoms with E-state index in [4.69, 9.17) is 13.9 Å². The van der Waals surface area contributed by atoms with Crippen LogP contribution in [-0.4, -0.2) is 42.5 Å². The Hall–Kier alpha value is -3.23. The molecule has 0 amide bonds. The molecule has 0 radical (unpaired) electrons. The van der Waals surface area contributed by atoms with Crippen LogP contribution in [0.2, 0.25) is 0 Å². The molecule has 8 heteroatoms. The van der Waals surface area contributed by atoms with Gasteiger partial charge >= 0.3 is 6.01 Å². The van der Waals surface area contributed by atoms with E-state index in [1.54, 1.807) is 0 Å². The fraction of sp³-hybridized carbons (Fsp3) is 0.318. The van der Waals surface area contributed by atoms with E-state index in [0.717, 1.165) is 29.8 Å². The Kier molecular flexibility index (Phi) is 4.94. The van der Waals surface area contributed by atoms with Crippen LogP contribution in [0.25, 0.3) is 0 Å². The number of ether oxygens (including phenoxy) is 2. The summed E-state index contributed by atoms with van der Waals surface area (Å²) in [6.07, 6.45) is 0. The van der Waals surface area contributed by atoms with E-state index >= 15 is 0 Å². The molecule has 5 rings (SSSR count). The molecule has 1 aromatic heterocycles. The molecule has 154 valence electrons. The average Bonchev–Trinajstić information content (AvgIpc) is 3.57. The minimum absolute atomic E-state index is 0.106. The van der Waals surface area contributed by atoms with Crippen molar-refractivity contribution in [3.63, 3.8) is 0 Å². The number of rotatable bonds is 5. The van der Waals surface area contributed by atoms with Crippen LogP contribution in [0.3, 0.4) is 0 Å². The van der Waals surface area contributed by atoms with Crippen molar-refractivity contribution in [1.82, 2.24) is 20.8 Å². The van der Waals surface area contributed by atoms with Gasteiger partial charge < -0.3 is 24.5 Å². The third-order valence-corrected chi connectivity index (χ3v) is 5.33. The smallest absolute Gasteiger partial charge is 0.345 e. The van der Waals surface area contributed by atoms with E-state index in [2.05, 4.69) is 31.9 Å². The molecule has 2 saturated heterocycles. The van der Waals surface area contributed by atoms with Crippen LogP contribution in [0.15, 0.2) is 64.0 Å². The quantitative estimate of drug-likeness (QED) is 0.674. The topological polar surface area (TPSA) is 93.8 Å². The fourth-order valence-electron chi connectivity index (χ4n) is 3.77. The van der Waals surface area contributed by atoms with Crippen molar-refractivity contribution >= 4 is 12.0 Å². The van der Waals surface area contributed by atoms with Gasteiger partial charge in [-0.15, -0.1) is 5.10 Å². The number of hydrogen-bond donors (Lipinski definition) is 2. The molecule has 0 saturated carbocycles. The molecule has 8 nitrogen and oxygen atoms in total. The lowest BCUT2D eigenvalue weighted by Gasteiger charge is -2.29. The number of aromatic nitrogens is 2. The van der Waals surface area contributed by atoms with Gasteiger partial charge in [-0.05, 0) is 18.6 Å².